The van der Waals surface area contributed by atoms with E-state index < -0.39 is 0 Å². The molecule has 0 bridgehead atoms. The van der Waals surface area contributed by atoms with Crippen molar-refractivity contribution in [1.82, 2.24) is 0 Å². The van der Waals surface area contributed by atoms with E-state index in [2.05, 4.69) is 18.3 Å². The number of fused-ring (bicyclic) bond motifs is 1. The van der Waals surface area contributed by atoms with Crippen molar-refractivity contribution in [2.75, 3.05) is 5.32 Å². The Labute approximate surface area is 88.1 Å². The number of benzene rings is 1. The maximum Gasteiger partial charge on any atom is 0.240 e. The molecule has 0 saturated carbocycles. The van der Waals surface area contributed by atoms with Gasteiger partial charge in [0.1, 0.15) is 0 Å². The summed E-state index contributed by atoms with van der Waals surface area (Å²) in [5.74, 6) is 0.0839. The molecule has 1 aliphatic heterocycles. The number of aryl methyl sites for hydroxylation is 1. The minimum Gasteiger partial charge on any atom is -0.324 e. The van der Waals surface area contributed by atoms with E-state index >= 15 is 0 Å². The van der Waals surface area contributed by atoms with Crippen molar-refractivity contribution in [3.05, 3.63) is 23.8 Å². The van der Waals surface area contributed by atoms with Gasteiger partial charge in [-0.3, -0.25) is 4.79 Å². The molecule has 14 heavy (non-hydrogen) atoms. The van der Waals surface area contributed by atoms with Crippen molar-refractivity contribution in [1.29, 1.82) is 0 Å². The van der Waals surface area contributed by atoms with Gasteiger partial charge < -0.3 is 5.32 Å². The van der Waals surface area contributed by atoms with Gasteiger partial charge in [-0.05, 0) is 32.4 Å². The van der Waals surface area contributed by atoms with E-state index in [1.165, 1.54) is 10.5 Å². The van der Waals surface area contributed by atoms with Crippen molar-refractivity contribution in [3.8, 4) is 0 Å². The third kappa shape index (κ3) is 1.42. The Hall–Kier alpha value is -0.960. The number of nitrogens with one attached hydrogen (secondary N) is 1. The minimum absolute atomic E-state index is 0.0839. The molecular formula is C11H13NOS. The number of amides is 1. The summed E-state index contributed by atoms with van der Waals surface area (Å²) in [5, 5.41) is 2.93. The Morgan fingerprint density at radius 3 is 2.79 bits per heavy atom. The summed E-state index contributed by atoms with van der Waals surface area (Å²) in [6, 6.07) is 5.98. The molecule has 0 radical (unpaired) electrons. The summed E-state index contributed by atoms with van der Waals surface area (Å²) in [6.07, 6.45) is 0. The Bertz CT molecular complexity index is 398. The van der Waals surface area contributed by atoms with Gasteiger partial charge in [0, 0.05) is 4.90 Å². The van der Waals surface area contributed by atoms with Gasteiger partial charge in [-0.2, -0.15) is 0 Å². The number of hydrogen-bond donors (Lipinski definition) is 1. The molecule has 0 unspecified atom stereocenters. The lowest BCUT2D eigenvalue weighted by atomic mass is 10.1. The highest BCUT2D eigenvalue weighted by Gasteiger charge is 2.34. The van der Waals surface area contributed by atoms with Gasteiger partial charge in [-0.1, -0.05) is 12.1 Å². The van der Waals surface area contributed by atoms with Crippen LogP contribution in [0.15, 0.2) is 23.1 Å². The Morgan fingerprint density at radius 1 is 1.36 bits per heavy atom. The van der Waals surface area contributed by atoms with Gasteiger partial charge in [-0.15, -0.1) is 11.8 Å². The van der Waals surface area contributed by atoms with Crippen LogP contribution in [0.4, 0.5) is 5.69 Å². The van der Waals surface area contributed by atoms with Crippen molar-refractivity contribution >= 4 is 23.4 Å². The van der Waals surface area contributed by atoms with E-state index in [-0.39, 0.29) is 10.7 Å². The molecule has 0 saturated heterocycles. The van der Waals surface area contributed by atoms with Crippen LogP contribution in [0.1, 0.15) is 19.4 Å². The molecule has 0 spiro atoms. The number of hydrogen-bond acceptors (Lipinski definition) is 2. The smallest absolute Gasteiger partial charge is 0.240 e. The standard InChI is InChI=1S/C11H13NOS/c1-7-5-4-6-8-9(7)14-11(2,3)10(13)12-8/h4-6H,1-3H3,(H,12,13). The first-order valence-electron chi connectivity index (χ1n) is 4.61. The highest BCUT2D eigenvalue weighted by atomic mass is 32.2. The van der Waals surface area contributed by atoms with Crippen LogP contribution < -0.4 is 5.32 Å². The van der Waals surface area contributed by atoms with Gasteiger partial charge in [0.25, 0.3) is 0 Å². The van der Waals surface area contributed by atoms with Crippen LogP contribution in [0.3, 0.4) is 0 Å². The first-order chi connectivity index (χ1) is 6.50. The van der Waals surface area contributed by atoms with Crippen molar-refractivity contribution in [2.24, 2.45) is 0 Å². The predicted octanol–water partition coefficient (Wildman–Crippen LogP) is 2.82. The molecule has 1 aromatic carbocycles. The lowest BCUT2D eigenvalue weighted by molar-refractivity contribution is -0.117. The summed E-state index contributed by atoms with van der Waals surface area (Å²) in [6.45, 7) is 5.96. The van der Waals surface area contributed by atoms with Gasteiger partial charge in [-0.25, -0.2) is 0 Å². The lowest BCUT2D eigenvalue weighted by Crippen LogP contribution is -2.37. The average molecular weight is 207 g/mol. The number of thioether (sulfide) groups is 1. The zero-order valence-corrected chi connectivity index (χ0v) is 9.37. The normalized spacial score (nSPS) is 18.6. The number of carbonyl (C=O) groups excluding carboxylic acids is 1. The van der Waals surface area contributed by atoms with Crippen molar-refractivity contribution in [2.45, 2.75) is 30.4 Å². The molecular weight excluding hydrogens is 194 g/mol. The molecule has 1 amide bonds. The monoisotopic (exact) mass is 207 g/mol. The highest BCUT2D eigenvalue weighted by Crippen LogP contribution is 2.43. The van der Waals surface area contributed by atoms with Crippen LogP contribution >= 0.6 is 11.8 Å². The van der Waals surface area contributed by atoms with Crippen LogP contribution in [0.5, 0.6) is 0 Å². The van der Waals surface area contributed by atoms with E-state index in [4.69, 9.17) is 0 Å². The number of carbonyl (C=O) groups is 1. The van der Waals surface area contributed by atoms with E-state index in [0.29, 0.717) is 0 Å². The largest absolute Gasteiger partial charge is 0.324 e. The first-order valence-corrected chi connectivity index (χ1v) is 5.42. The summed E-state index contributed by atoms with van der Waals surface area (Å²) in [5.41, 5.74) is 2.17. The van der Waals surface area contributed by atoms with E-state index in [1.54, 1.807) is 11.8 Å². The van der Waals surface area contributed by atoms with Gasteiger partial charge in [0.15, 0.2) is 0 Å². The van der Waals surface area contributed by atoms with E-state index in [1.807, 2.05) is 26.0 Å². The fraction of sp³-hybridized carbons (Fsp3) is 0.364. The molecule has 0 fully saturated rings. The zero-order valence-electron chi connectivity index (χ0n) is 8.55. The van der Waals surface area contributed by atoms with Gasteiger partial charge >= 0.3 is 0 Å². The third-order valence-corrected chi connectivity index (χ3v) is 3.81. The van der Waals surface area contributed by atoms with E-state index in [0.717, 1.165) is 5.69 Å². The molecule has 0 aromatic heterocycles. The topological polar surface area (TPSA) is 29.1 Å². The van der Waals surface area contributed by atoms with Gasteiger partial charge in [0.2, 0.25) is 5.91 Å². The summed E-state index contributed by atoms with van der Waals surface area (Å²) in [7, 11) is 0. The SMILES string of the molecule is Cc1cccc2c1SC(C)(C)C(=O)N2. The minimum atomic E-state index is -0.362. The van der Waals surface area contributed by atoms with Crippen LogP contribution in [-0.4, -0.2) is 10.7 Å². The first kappa shape index (κ1) is 9.59. The molecule has 0 atom stereocenters. The van der Waals surface area contributed by atoms with Crippen molar-refractivity contribution in [3.63, 3.8) is 0 Å². The Balaban J connectivity index is 2.51. The van der Waals surface area contributed by atoms with Crippen LogP contribution in [0, 0.1) is 6.92 Å². The lowest BCUT2D eigenvalue weighted by Gasteiger charge is -2.30. The molecule has 0 aliphatic carbocycles. The van der Waals surface area contributed by atoms with Crippen LogP contribution in [0.2, 0.25) is 0 Å². The molecule has 1 heterocycles. The quantitative estimate of drug-likeness (QED) is 0.708. The number of anilines is 1. The predicted molar refractivity (Wildman–Crippen MR) is 59.7 cm³/mol. The average Bonchev–Trinajstić information content (AvgIpc) is 2.09. The number of rotatable bonds is 0. The Kier molecular flexibility index (Phi) is 2.07. The second-order valence-electron chi connectivity index (χ2n) is 4.02. The van der Waals surface area contributed by atoms with Crippen LogP contribution in [0.25, 0.3) is 0 Å². The molecule has 1 aromatic rings. The molecule has 1 aliphatic rings. The molecule has 2 rings (SSSR count). The molecule has 74 valence electrons. The maximum atomic E-state index is 11.7. The summed E-state index contributed by atoms with van der Waals surface area (Å²) < 4.78 is -0.362. The van der Waals surface area contributed by atoms with Crippen LogP contribution in [-0.2, 0) is 4.79 Å². The van der Waals surface area contributed by atoms with Gasteiger partial charge in [0.05, 0.1) is 10.4 Å². The molecule has 2 nitrogen and oxygen atoms in total. The fourth-order valence-corrected chi connectivity index (χ4v) is 2.57. The summed E-state index contributed by atoms with van der Waals surface area (Å²) in [4.78, 5) is 12.8. The van der Waals surface area contributed by atoms with E-state index in [9.17, 15) is 4.79 Å². The van der Waals surface area contributed by atoms with Crippen molar-refractivity contribution < 1.29 is 4.79 Å². The Morgan fingerprint density at radius 2 is 2.07 bits per heavy atom. The third-order valence-electron chi connectivity index (χ3n) is 2.36. The summed E-state index contributed by atoms with van der Waals surface area (Å²) >= 11 is 1.64. The second kappa shape index (κ2) is 3.02. The fourth-order valence-electron chi connectivity index (χ4n) is 1.46. The molecule has 3 heteroatoms. The second-order valence-corrected chi connectivity index (χ2v) is 5.65. The molecule has 1 N–H and O–H groups in total. The highest BCUT2D eigenvalue weighted by molar-refractivity contribution is 8.01. The zero-order chi connectivity index (χ0) is 10.3. The maximum absolute atomic E-state index is 11.7.